The Balaban J connectivity index is 1.31. The summed E-state index contributed by atoms with van der Waals surface area (Å²) in [7, 11) is 1.97. The molecule has 2 aromatic heterocycles. The lowest BCUT2D eigenvalue weighted by molar-refractivity contribution is -0.617. The molecule has 0 amide bonds. The van der Waals surface area contributed by atoms with Crippen LogP contribution in [0.1, 0.15) is 22.3 Å². The molecule has 2 heterocycles. The van der Waals surface area contributed by atoms with Crippen molar-refractivity contribution < 1.29 is 33.9 Å². The number of hydrogen-bond acceptors (Lipinski definition) is 6. The maximum Gasteiger partial charge on any atom is 0.345 e. The number of benzene rings is 3. The molecule has 0 unspecified atom stereocenters. The van der Waals surface area contributed by atoms with E-state index in [2.05, 4.69) is 4.57 Å². The van der Waals surface area contributed by atoms with Crippen LogP contribution < -0.4 is 14.1 Å². The van der Waals surface area contributed by atoms with Gasteiger partial charge in [-0.1, -0.05) is 36.4 Å². The minimum Gasteiger partial charge on any atom is -0.492 e. The van der Waals surface area contributed by atoms with Crippen LogP contribution in [0.5, 0.6) is 17.5 Å². The van der Waals surface area contributed by atoms with E-state index < -0.39 is 11.9 Å². The van der Waals surface area contributed by atoms with Crippen molar-refractivity contribution in [2.75, 3.05) is 0 Å². The number of esters is 1. The highest BCUT2D eigenvalue weighted by molar-refractivity contribution is 6.13. The van der Waals surface area contributed by atoms with E-state index >= 15 is 0 Å². The fourth-order valence-corrected chi connectivity index (χ4v) is 4.22. The molecule has 0 fully saturated rings. The fourth-order valence-electron chi connectivity index (χ4n) is 4.22. The van der Waals surface area contributed by atoms with Gasteiger partial charge in [-0.25, -0.2) is 9.59 Å². The summed E-state index contributed by atoms with van der Waals surface area (Å²) in [5.74, 6) is -1.44. The lowest BCUT2D eigenvalue weighted by Gasteiger charge is -2.10. The summed E-state index contributed by atoms with van der Waals surface area (Å²) in [5.41, 5.74) is 3.18. The minimum absolute atomic E-state index is 0.0230. The Hall–Kier alpha value is -4.85. The number of aromatic nitrogens is 2. The van der Waals surface area contributed by atoms with Gasteiger partial charge in [0.25, 0.3) is 0 Å². The van der Waals surface area contributed by atoms with Crippen LogP contribution in [0.2, 0.25) is 0 Å². The van der Waals surface area contributed by atoms with Gasteiger partial charge in [-0.2, -0.15) is 4.57 Å². The zero-order chi connectivity index (χ0) is 25.2. The van der Waals surface area contributed by atoms with Crippen molar-refractivity contribution in [2.45, 2.75) is 12.8 Å². The van der Waals surface area contributed by atoms with Crippen LogP contribution in [-0.2, 0) is 18.3 Å². The average Bonchev–Trinajstić information content (AvgIpc) is 3.20. The third-order valence-corrected chi connectivity index (χ3v) is 6.02. The summed E-state index contributed by atoms with van der Waals surface area (Å²) < 4.78 is 8.45. The van der Waals surface area contributed by atoms with Crippen LogP contribution in [0, 0.1) is 0 Å². The number of fused-ring (bicyclic) bond motifs is 2. The summed E-state index contributed by atoms with van der Waals surface area (Å²) in [6.07, 6.45) is 0.384. The molecular formula is C28H23N2O6+. The van der Waals surface area contributed by atoms with Crippen molar-refractivity contribution >= 4 is 33.7 Å². The molecule has 0 saturated heterocycles. The Bertz CT molecular complexity index is 1530. The van der Waals surface area contributed by atoms with E-state index in [-0.39, 0.29) is 18.2 Å². The maximum atomic E-state index is 13.3. The molecule has 0 aliphatic rings. The quantitative estimate of drug-likeness (QED) is 0.165. The number of hydrogen-bond donors (Lipinski definition) is 2. The average molecular weight is 484 g/mol. The summed E-state index contributed by atoms with van der Waals surface area (Å²) >= 11 is 0. The molecule has 0 spiro atoms. The van der Waals surface area contributed by atoms with Crippen molar-refractivity contribution in [3.05, 3.63) is 96.1 Å². The second kappa shape index (κ2) is 9.42. The van der Waals surface area contributed by atoms with E-state index in [0.29, 0.717) is 22.5 Å². The second-order valence-electron chi connectivity index (χ2n) is 8.31. The van der Waals surface area contributed by atoms with Crippen molar-refractivity contribution in [1.29, 1.82) is 0 Å². The Kier molecular flexibility index (Phi) is 6.00. The SMILES string of the molecule is C[n+]1c2ccccc2c(C(=O)Oc2ccc(CCC(=O)On3c(O)ccc3O)cc2)c2ccccc21. The molecule has 36 heavy (non-hydrogen) atoms. The van der Waals surface area contributed by atoms with Gasteiger partial charge in [0, 0.05) is 24.3 Å². The number of carbonyl (C=O) groups excluding carboxylic acids is 2. The first kappa shape index (κ1) is 22.9. The highest BCUT2D eigenvalue weighted by Crippen LogP contribution is 2.26. The first-order valence-corrected chi connectivity index (χ1v) is 11.3. The first-order valence-electron chi connectivity index (χ1n) is 11.3. The van der Waals surface area contributed by atoms with Gasteiger partial charge in [0.2, 0.25) is 22.8 Å². The molecule has 3 aromatic carbocycles. The van der Waals surface area contributed by atoms with Crippen LogP contribution in [0.25, 0.3) is 21.8 Å². The lowest BCUT2D eigenvalue weighted by Crippen LogP contribution is -2.31. The summed E-state index contributed by atoms with van der Waals surface area (Å²) in [5, 5.41) is 20.7. The van der Waals surface area contributed by atoms with Crippen LogP contribution >= 0.6 is 0 Å². The van der Waals surface area contributed by atoms with Gasteiger partial charge in [-0.05, 0) is 36.2 Å². The van der Waals surface area contributed by atoms with Crippen LogP contribution in [-0.4, -0.2) is 26.9 Å². The van der Waals surface area contributed by atoms with Gasteiger partial charge < -0.3 is 19.8 Å². The molecule has 0 radical (unpaired) electrons. The smallest absolute Gasteiger partial charge is 0.345 e. The van der Waals surface area contributed by atoms with Crippen LogP contribution in [0.15, 0.2) is 84.9 Å². The van der Waals surface area contributed by atoms with Crippen molar-refractivity contribution in [3.63, 3.8) is 0 Å². The Morgan fingerprint density at radius 3 is 1.94 bits per heavy atom. The monoisotopic (exact) mass is 483 g/mol. The Morgan fingerprint density at radius 1 is 0.806 bits per heavy atom. The minimum atomic E-state index is -0.622. The largest absolute Gasteiger partial charge is 0.492 e. The van der Waals surface area contributed by atoms with Gasteiger partial charge >= 0.3 is 11.9 Å². The molecule has 180 valence electrons. The molecule has 0 aliphatic heterocycles. The molecule has 2 N–H and O–H groups in total. The number of aromatic hydroxyl groups is 2. The highest BCUT2D eigenvalue weighted by Gasteiger charge is 2.23. The zero-order valence-corrected chi connectivity index (χ0v) is 19.4. The summed E-state index contributed by atoms with van der Waals surface area (Å²) in [4.78, 5) is 30.3. The van der Waals surface area contributed by atoms with Crippen LogP contribution in [0.4, 0.5) is 0 Å². The summed E-state index contributed by atoms with van der Waals surface area (Å²) in [6.45, 7) is 0. The van der Waals surface area contributed by atoms with E-state index in [1.165, 1.54) is 12.1 Å². The van der Waals surface area contributed by atoms with Crippen molar-refractivity contribution in [2.24, 2.45) is 7.05 Å². The lowest BCUT2D eigenvalue weighted by atomic mass is 10.0. The van der Waals surface area contributed by atoms with Gasteiger partial charge in [-0.15, -0.1) is 4.73 Å². The molecule has 8 heteroatoms. The Morgan fingerprint density at radius 2 is 1.36 bits per heavy atom. The second-order valence-corrected chi connectivity index (χ2v) is 8.31. The van der Waals surface area contributed by atoms with Gasteiger partial charge in [0.05, 0.1) is 22.8 Å². The van der Waals surface area contributed by atoms with Gasteiger partial charge in [-0.3, -0.25) is 0 Å². The van der Waals surface area contributed by atoms with Gasteiger partial charge in [0.15, 0.2) is 0 Å². The van der Waals surface area contributed by atoms with Gasteiger partial charge in [0.1, 0.15) is 12.8 Å². The summed E-state index contributed by atoms with van der Waals surface area (Å²) in [6, 6.07) is 24.7. The predicted octanol–water partition coefficient (Wildman–Crippen LogP) is 3.84. The number of pyridine rings is 1. The van der Waals surface area contributed by atoms with E-state index in [0.717, 1.165) is 27.4 Å². The maximum absolute atomic E-state index is 13.3. The van der Waals surface area contributed by atoms with E-state index in [1.54, 1.807) is 24.3 Å². The normalized spacial score (nSPS) is 11.0. The number of para-hydroxylation sites is 2. The topological polar surface area (TPSA) is 102 Å². The highest BCUT2D eigenvalue weighted by atomic mass is 16.7. The molecule has 5 rings (SSSR count). The van der Waals surface area contributed by atoms with E-state index in [4.69, 9.17) is 9.57 Å². The number of nitrogens with zero attached hydrogens (tertiary/aromatic N) is 2. The third-order valence-electron chi connectivity index (χ3n) is 6.02. The fraction of sp³-hybridized carbons (Fsp3) is 0.107. The third kappa shape index (κ3) is 4.32. The molecule has 5 aromatic rings. The molecular weight excluding hydrogens is 460 g/mol. The van der Waals surface area contributed by atoms with E-state index in [9.17, 15) is 19.8 Å². The number of rotatable bonds is 6. The number of carbonyl (C=O) groups is 2. The first-order chi connectivity index (χ1) is 17.4. The zero-order valence-electron chi connectivity index (χ0n) is 19.4. The molecule has 0 saturated carbocycles. The predicted molar refractivity (Wildman–Crippen MR) is 132 cm³/mol. The Labute approximate surface area is 206 Å². The molecule has 0 aliphatic carbocycles. The molecule has 8 nitrogen and oxygen atoms in total. The van der Waals surface area contributed by atoms with Crippen molar-refractivity contribution in [3.8, 4) is 17.5 Å². The molecule has 0 atom stereocenters. The standard InChI is InChI=1S/C28H22N2O6/c1-29-22-8-4-2-6-20(22)27(21-7-3-5-9-23(21)29)28(34)35-19-13-10-18(11-14-19)12-17-26(33)36-30-24(31)15-16-25(30)32/h2-11,13-16,34H,12,17H2,1H3/p+1. The number of ether oxygens (including phenoxy) is 1. The number of aryl methyl sites for hydroxylation is 2. The van der Waals surface area contributed by atoms with Crippen molar-refractivity contribution in [1.82, 2.24) is 4.73 Å². The van der Waals surface area contributed by atoms with E-state index in [1.807, 2.05) is 55.6 Å². The molecule has 0 bridgehead atoms. The van der Waals surface area contributed by atoms with Crippen LogP contribution in [0.3, 0.4) is 0 Å².